The van der Waals surface area contributed by atoms with Crippen LogP contribution in [0.2, 0.25) is 0 Å². The summed E-state index contributed by atoms with van der Waals surface area (Å²) in [6.07, 6.45) is 2.63. The van der Waals surface area contributed by atoms with Gasteiger partial charge in [-0.25, -0.2) is 4.79 Å². The minimum atomic E-state index is -2.87. The third-order valence-electron chi connectivity index (χ3n) is 3.61. The zero-order valence-electron chi connectivity index (χ0n) is 12.1. The van der Waals surface area contributed by atoms with Gasteiger partial charge in [0.1, 0.15) is 5.75 Å². The first kappa shape index (κ1) is 16.5. The van der Waals surface area contributed by atoms with E-state index in [-0.39, 0.29) is 30.5 Å². The lowest BCUT2D eigenvalue weighted by molar-refractivity contribution is -0.0498. The summed E-state index contributed by atoms with van der Waals surface area (Å²) in [7, 11) is 0. The zero-order valence-corrected chi connectivity index (χ0v) is 12.1. The van der Waals surface area contributed by atoms with Crippen molar-refractivity contribution in [3.8, 4) is 5.75 Å². The fourth-order valence-electron chi connectivity index (χ4n) is 2.47. The van der Waals surface area contributed by atoms with E-state index in [9.17, 15) is 18.7 Å². The summed E-state index contributed by atoms with van der Waals surface area (Å²) in [5, 5.41) is 14.9. The lowest BCUT2D eigenvalue weighted by atomic mass is 9.93. The van der Waals surface area contributed by atoms with Gasteiger partial charge in [-0.2, -0.15) is 8.78 Å². The molecular formula is C15H20F2N2O3. The van der Waals surface area contributed by atoms with Crippen LogP contribution in [-0.2, 0) is 6.54 Å². The number of amides is 2. The number of halogens is 2. The summed E-state index contributed by atoms with van der Waals surface area (Å²) in [6, 6.07) is 5.97. The molecule has 1 aliphatic carbocycles. The molecule has 0 saturated heterocycles. The molecule has 1 aromatic carbocycles. The molecule has 0 aliphatic heterocycles. The number of benzene rings is 1. The SMILES string of the molecule is O=C(NCc1cccc(OC(F)F)c1)NC1CCC(O)CC1. The van der Waals surface area contributed by atoms with Crippen LogP contribution in [0.5, 0.6) is 5.75 Å². The van der Waals surface area contributed by atoms with Gasteiger partial charge in [0.2, 0.25) is 0 Å². The molecule has 2 rings (SSSR count). The second kappa shape index (κ2) is 7.93. The number of carbonyl (C=O) groups excluding carboxylic acids is 1. The summed E-state index contributed by atoms with van der Waals surface area (Å²) in [5.41, 5.74) is 0.673. The molecule has 7 heteroatoms. The van der Waals surface area contributed by atoms with Crippen LogP contribution < -0.4 is 15.4 Å². The average Bonchev–Trinajstić information content (AvgIpc) is 2.47. The number of aliphatic hydroxyl groups excluding tert-OH is 1. The van der Waals surface area contributed by atoms with Gasteiger partial charge in [0.15, 0.2) is 0 Å². The Morgan fingerprint density at radius 2 is 2.05 bits per heavy atom. The Morgan fingerprint density at radius 1 is 1.32 bits per heavy atom. The zero-order chi connectivity index (χ0) is 15.9. The second-order valence-corrected chi connectivity index (χ2v) is 5.36. The lowest BCUT2D eigenvalue weighted by Crippen LogP contribution is -2.43. The van der Waals surface area contributed by atoms with E-state index in [1.165, 1.54) is 12.1 Å². The molecule has 1 aliphatic rings. The molecule has 2 amide bonds. The highest BCUT2D eigenvalue weighted by Gasteiger charge is 2.20. The van der Waals surface area contributed by atoms with Crippen molar-refractivity contribution in [3.63, 3.8) is 0 Å². The summed E-state index contributed by atoms with van der Waals surface area (Å²) in [5.74, 6) is 0.0657. The van der Waals surface area contributed by atoms with Gasteiger partial charge in [-0.1, -0.05) is 12.1 Å². The number of aliphatic hydroxyl groups is 1. The molecule has 0 unspecified atom stereocenters. The van der Waals surface area contributed by atoms with E-state index in [4.69, 9.17) is 0 Å². The highest BCUT2D eigenvalue weighted by molar-refractivity contribution is 5.74. The van der Waals surface area contributed by atoms with Crippen molar-refractivity contribution in [1.82, 2.24) is 10.6 Å². The Balaban J connectivity index is 1.76. The van der Waals surface area contributed by atoms with Gasteiger partial charge < -0.3 is 20.5 Å². The molecule has 0 radical (unpaired) electrons. The summed E-state index contributed by atoms with van der Waals surface area (Å²) >= 11 is 0. The van der Waals surface area contributed by atoms with Gasteiger partial charge in [0.05, 0.1) is 6.10 Å². The molecule has 0 aromatic heterocycles. The van der Waals surface area contributed by atoms with Crippen molar-refractivity contribution in [2.75, 3.05) is 0 Å². The predicted molar refractivity (Wildman–Crippen MR) is 76.7 cm³/mol. The van der Waals surface area contributed by atoms with Crippen molar-refractivity contribution in [1.29, 1.82) is 0 Å². The van der Waals surface area contributed by atoms with E-state index in [1.807, 2.05) is 0 Å². The summed E-state index contributed by atoms with van der Waals surface area (Å²) in [6.45, 7) is -2.64. The molecule has 1 saturated carbocycles. The Labute approximate surface area is 127 Å². The van der Waals surface area contributed by atoms with Crippen LogP contribution >= 0.6 is 0 Å². The minimum absolute atomic E-state index is 0.0657. The Hall–Kier alpha value is -1.89. The average molecular weight is 314 g/mol. The van der Waals surface area contributed by atoms with E-state index < -0.39 is 6.61 Å². The number of carbonyl (C=O) groups is 1. The first-order valence-electron chi connectivity index (χ1n) is 7.29. The summed E-state index contributed by atoms with van der Waals surface area (Å²) < 4.78 is 28.6. The Morgan fingerprint density at radius 3 is 2.73 bits per heavy atom. The van der Waals surface area contributed by atoms with Crippen molar-refractivity contribution in [2.24, 2.45) is 0 Å². The molecule has 1 fully saturated rings. The summed E-state index contributed by atoms with van der Waals surface area (Å²) in [4.78, 5) is 11.8. The van der Waals surface area contributed by atoms with E-state index in [0.717, 1.165) is 12.8 Å². The van der Waals surface area contributed by atoms with Crippen LogP contribution in [0, 0.1) is 0 Å². The van der Waals surface area contributed by atoms with Crippen LogP contribution in [0.15, 0.2) is 24.3 Å². The van der Waals surface area contributed by atoms with Gasteiger partial charge in [0, 0.05) is 12.6 Å². The maximum Gasteiger partial charge on any atom is 0.387 e. The molecule has 122 valence electrons. The van der Waals surface area contributed by atoms with E-state index >= 15 is 0 Å². The Kier molecular flexibility index (Phi) is 5.94. The number of alkyl halides is 2. The molecule has 0 bridgehead atoms. The number of ether oxygens (including phenoxy) is 1. The largest absolute Gasteiger partial charge is 0.435 e. The standard InChI is InChI=1S/C15H20F2N2O3/c16-14(17)22-13-3-1-2-10(8-13)9-18-15(21)19-11-4-6-12(20)7-5-11/h1-3,8,11-12,14,20H,4-7,9H2,(H2,18,19,21). The first-order chi connectivity index (χ1) is 10.5. The van der Waals surface area contributed by atoms with Crippen LogP contribution in [0.25, 0.3) is 0 Å². The Bertz CT molecular complexity index is 491. The number of nitrogens with one attached hydrogen (secondary N) is 2. The first-order valence-corrected chi connectivity index (χ1v) is 7.29. The molecule has 0 spiro atoms. The maximum absolute atomic E-state index is 12.1. The van der Waals surface area contributed by atoms with E-state index in [2.05, 4.69) is 15.4 Å². The van der Waals surface area contributed by atoms with Gasteiger partial charge in [-0.3, -0.25) is 0 Å². The van der Waals surface area contributed by atoms with Crippen LogP contribution in [-0.4, -0.2) is 29.9 Å². The fourth-order valence-corrected chi connectivity index (χ4v) is 2.47. The highest BCUT2D eigenvalue weighted by atomic mass is 19.3. The van der Waals surface area contributed by atoms with Crippen molar-refractivity contribution in [2.45, 2.75) is 51.0 Å². The maximum atomic E-state index is 12.1. The lowest BCUT2D eigenvalue weighted by Gasteiger charge is -2.26. The molecule has 0 atom stereocenters. The third kappa shape index (κ3) is 5.48. The normalized spacial score (nSPS) is 21.5. The monoisotopic (exact) mass is 314 g/mol. The minimum Gasteiger partial charge on any atom is -0.435 e. The molecule has 3 N–H and O–H groups in total. The molecule has 5 nitrogen and oxygen atoms in total. The smallest absolute Gasteiger partial charge is 0.387 e. The second-order valence-electron chi connectivity index (χ2n) is 5.36. The van der Waals surface area contributed by atoms with Crippen LogP contribution in [0.3, 0.4) is 0 Å². The van der Waals surface area contributed by atoms with E-state index in [0.29, 0.717) is 18.4 Å². The molecule has 22 heavy (non-hydrogen) atoms. The van der Waals surface area contributed by atoms with Crippen LogP contribution in [0.1, 0.15) is 31.2 Å². The quantitative estimate of drug-likeness (QED) is 0.781. The number of hydrogen-bond acceptors (Lipinski definition) is 3. The van der Waals surface area contributed by atoms with Crippen molar-refractivity contribution < 1.29 is 23.4 Å². The highest BCUT2D eigenvalue weighted by Crippen LogP contribution is 2.18. The third-order valence-corrected chi connectivity index (χ3v) is 3.61. The van der Waals surface area contributed by atoms with Crippen molar-refractivity contribution in [3.05, 3.63) is 29.8 Å². The molecule has 0 heterocycles. The van der Waals surface area contributed by atoms with Crippen molar-refractivity contribution >= 4 is 6.03 Å². The number of hydrogen-bond donors (Lipinski definition) is 3. The number of rotatable bonds is 5. The molecular weight excluding hydrogens is 294 g/mol. The van der Waals surface area contributed by atoms with Gasteiger partial charge in [0.25, 0.3) is 0 Å². The predicted octanol–water partition coefficient (Wildman–Crippen LogP) is 2.39. The molecule has 1 aromatic rings. The van der Waals surface area contributed by atoms with Gasteiger partial charge >= 0.3 is 12.6 Å². The van der Waals surface area contributed by atoms with Gasteiger partial charge in [-0.15, -0.1) is 0 Å². The fraction of sp³-hybridized carbons (Fsp3) is 0.533. The number of urea groups is 1. The van der Waals surface area contributed by atoms with Gasteiger partial charge in [-0.05, 0) is 43.4 Å². The topological polar surface area (TPSA) is 70.6 Å². The van der Waals surface area contributed by atoms with E-state index in [1.54, 1.807) is 12.1 Å². The van der Waals surface area contributed by atoms with Crippen LogP contribution in [0.4, 0.5) is 13.6 Å².